The SMILES string of the molecule is Cc1cccc2cc(N3CCN(CCO)CC3)c(=O)[nH]c12.Cl. The van der Waals surface area contributed by atoms with E-state index in [9.17, 15) is 4.79 Å². The molecule has 0 radical (unpaired) electrons. The Morgan fingerprint density at radius 1 is 1.23 bits per heavy atom. The quantitative estimate of drug-likeness (QED) is 0.896. The summed E-state index contributed by atoms with van der Waals surface area (Å²) in [6, 6.07) is 8.04. The molecule has 3 rings (SSSR count). The predicted octanol–water partition coefficient (Wildman–Crippen LogP) is 1.37. The van der Waals surface area contributed by atoms with Crippen LogP contribution in [0.4, 0.5) is 5.69 Å². The van der Waals surface area contributed by atoms with E-state index in [1.807, 2.05) is 31.2 Å². The van der Waals surface area contributed by atoms with Gasteiger partial charge in [0.25, 0.3) is 5.56 Å². The third-order valence-corrected chi connectivity index (χ3v) is 4.20. The van der Waals surface area contributed by atoms with E-state index in [0.717, 1.165) is 48.3 Å². The van der Waals surface area contributed by atoms with Crippen molar-refractivity contribution in [2.45, 2.75) is 6.92 Å². The molecule has 0 atom stereocenters. The molecule has 2 aromatic rings. The van der Waals surface area contributed by atoms with Gasteiger partial charge in [-0.3, -0.25) is 9.69 Å². The van der Waals surface area contributed by atoms with Crippen LogP contribution in [0.2, 0.25) is 0 Å². The van der Waals surface area contributed by atoms with Crippen molar-refractivity contribution in [3.05, 3.63) is 40.2 Å². The van der Waals surface area contributed by atoms with Gasteiger partial charge in [0.15, 0.2) is 0 Å². The number of aromatic amines is 1. The van der Waals surface area contributed by atoms with E-state index < -0.39 is 0 Å². The molecule has 6 heteroatoms. The number of aliphatic hydroxyl groups is 1. The van der Waals surface area contributed by atoms with Crippen molar-refractivity contribution in [2.75, 3.05) is 44.2 Å². The van der Waals surface area contributed by atoms with Gasteiger partial charge >= 0.3 is 0 Å². The van der Waals surface area contributed by atoms with Crippen LogP contribution in [0.25, 0.3) is 10.9 Å². The number of anilines is 1. The number of aryl methyl sites for hydroxylation is 1. The Balaban J connectivity index is 0.00000176. The third-order valence-electron chi connectivity index (χ3n) is 4.20. The van der Waals surface area contributed by atoms with Gasteiger partial charge in [-0.15, -0.1) is 12.4 Å². The van der Waals surface area contributed by atoms with Crippen LogP contribution >= 0.6 is 12.4 Å². The lowest BCUT2D eigenvalue weighted by Gasteiger charge is -2.35. The van der Waals surface area contributed by atoms with Gasteiger partial charge in [0.05, 0.1) is 12.1 Å². The second kappa shape index (κ2) is 7.13. The number of fused-ring (bicyclic) bond motifs is 1. The van der Waals surface area contributed by atoms with E-state index >= 15 is 0 Å². The molecule has 5 nitrogen and oxygen atoms in total. The first-order valence-electron chi connectivity index (χ1n) is 7.40. The zero-order valence-corrected chi connectivity index (χ0v) is 13.5. The number of hydrogen-bond acceptors (Lipinski definition) is 4. The van der Waals surface area contributed by atoms with Gasteiger partial charge in [-0.2, -0.15) is 0 Å². The summed E-state index contributed by atoms with van der Waals surface area (Å²) in [5.74, 6) is 0. The van der Waals surface area contributed by atoms with Gasteiger partial charge in [-0.05, 0) is 18.6 Å². The lowest BCUT2D eigenvalue weighted by Crippen LogP contribution is -2.48. The van der Waals surface area contributed by atoms with Crippen molar-refractivity contribution in [1.29, 1.82) is 0 Å². The van der Waals surface area contributed by atoms with Crippen molar-refractivity contribution in [2.24, 2.45) is 0 Å². The van der Waals surface area contributed by atoms with E-state index in [4.69, 9.17) is 5.11 Å². The standard InChI is InChI=1S/C16H21N3O2.ClH/c1-12-3-2-4-13-11-14(16(21)17-15(12)13)19-7-5-18(6-8-19)9-10-20;/h2-4,11,20H,5-10H2,1H3,(H,17,21);1H. The molecular weight excluding hydrogens is 302 g/mol. The number of pyridine rings is 1. The third kappa shape index (κ3) is 3.27. The van der Waals surface area contributed by atoms with E-state index in [1.165, 1.54) is 0 Å². The van der Waals surface area contributed by atoms with Gasteiger partial charge in [-0.1, -0.05) is 18.2 Å². The molecule has 1 fully saturated rings. The number of H-pyrrole nitrogens is 1. The normalized spacial score (nSPS) is 15.8. The number of rotatable bonds is 3. The van der Waals surface area contributed by atoms with Crippen LogP contribution in [0.5, 0.6) is 0 Å². The van der Waals surface area contributed by atoms with Crippen molar-refractivity contribution in [3.63, 3.8) is 0 Å². The summed E-state index contributed by atoms with van der Waals surface area (Å²) in [5, 5.41) is 10.1. The van der Waals surface area contributed by atoms with Crippen LogP contribution < -0.4 is 10.5 Å². The molecule has 1 aromatic carbocycles. The number of aliphatic hydroxyl groups excluding tert-OH is 1. The molecule has 1 aliphatic rings. The maximum Gasteiger partial charge on any atom is 0.271 e. The highest BCUT2D eigenvalue weighted by molar-refractivity contribution is 5.85. The van der Waals surface area contributed by atoms with Crippen LogP contribution in [0.3, 0.4) is 0 Å². The fourth-order valence-corrected chi connectivity index (χ4v) is 2.96. The molecule has 1 aliphatic heterocycles. The first-order valence-corrected chi connectivity index (χ1v) is 7.40. The van der Waals surface area contributed by atoms with Crippen LogP contribution in [0.15, 0.2) is 29.1 Å². The van der Waals surface area contributed by atoms with Gasteiger partial charge < -0.3 is 15.0 Å². The highest BCUT2D eigenvalue weighted by Gasteiger charge is 2.19. The molecule has 0 spiro atoms. The molecule has 1 aromatic heterocycles. The molecule has 120 valence electrons. The first kappa shape index (κ1) is 16.8. The lowest BCUT2D eigenvalue weighted by molar-refractivity contribution is 0.188. The molecule has 0 unspecified atom stereocenters. The van der Waals surface area contributed by atoms with Crippen molar-refractivity contribution in [1.82, 2.24) is 9.88 Å². The minimum absolute atomic E-state index is 0. The Hall–Kier alpha value is -1.56. The van der Waals surface area contributed by atoms with Gasteiger partial charge in [0, 0.05) is 38.1 Å². The smallest absolute Gasteiger partial charge is 0.271 e. The minimum atomic E-state index is -0.0209. The number of para-hydroxylation sites is 1. The molecule has 2 N–H and O–H groups in total. The number of halogens is 1. The summed E-state index contributed by atoms with van der Waals surface area (Å²) >= 11 is 0. The fourth-order valence-electron chi connectivity index (χ4n) is 2.96. The first-order chi connectivity index (χ1) is 10.2. The Kier molecular flexibility index (Phi) is 5.45. The maximum atomic E-state index is 12.3. The second-order valence-electron chi connectivity index (χ2n) is 5.58. The number of hydrogen-bond donors (Lipinski definition) is 2. The zero-order valence-electron chi connectivity index (χ0n) is 12.7. The molecule has 0 saturated carbocycles. The number of piperazine rings is 1. The van der Waals surface area contributed by atoms with Crippen LogP contribution in [0, 0.1) is 6.92 Å². The topological polar surface area (TPSA) is 59.6 Å². The summed E-state index contributed by atoms with van der Waals surface area (Å²) in [7, 11) is 0. The van der Waals surface area contributed by atoms with Crippen LogP contribution in [-0.2, 0) is 0 Å². The number of aromatic nitrogens is 1. The molecule has 22 heavy (non-hydrogen) atoms. The van der Waals surface area contributed by atoms with E-state index in [2.05, 4.69) is 14.8 Å². The van der Waals surface area contributed by atoms with Gasteiger partial charge in [0.1, 0.15) is 5.69 Å². The van der Waals surface area contributed by atoms with E-state index in [1.54, 1.807) is 0 Å². The van der Waals surface area contributed by atoms with Crippen LogP contribution in [0.1, 0.15) is 5.56 Å². The van der Waals surface area contributed by atoms with E-state index in [-0.39, 0.29) is 24.6 Å². The summed E-state index contributed by atoms with van der Waals surface area (Å²) < 4.78 is 0. The average molecular weight is 324 g/mol. The van der Waals surface area contributed by atoms with Crippen molar-refractivity contribution < 1.29 is 5.11 Å². The predicted molar refractivity (Wildman–Crippen MR) is 92.3 cm³/mol. The fraction of sp³-hybridized carbons (Fsp3) is 0.438. The van der Waals surface area contributed by atoms with Crippen molar-refractivity contribution >= 4 is 29.0 Å². The summed E-state index contributed by atoms with van der Waals surface area (Å²) in [6.45, 7) is 6.31. The molecule has 2 heterocycles. The lowest BCUT2D eigenvalue weighted by atomic mass is 10.1. The molecule has 0 bridgehead atoms. The Morgan fingerprint density at radius 3 is 2.64 bits per heavy atom. The molecule has 1 saturated heterocycles. The van der Waals surface area contributed by atoms with Crippen LogP contribution in [-0.4, -0.2) is 54.3 Å². The number of benzene rings is 1. The maximum absolute atomic E-state index is 12.3. The summed E-state index contributed by atoms with van der Waals surface area (Å²) in [4.78, 5) is 19.7. The Labute approximate surface area is 136 Å². The van der Waals surface area contributed by atoms with Crippen molar-refractivity contribution in [3.8, 4) is 0 Å². The highest BCUT2D eigenvalue weighted by atomic mass is 35.5. The zero-order chi connectivity index (χ0) is 14.8. The molecule has 0 aliphatic carbocycles. The van der Waals surface area contributed by atoms with Gasteiger partial charge in [-0.25, -0.2) is 0 Å². The minimum Gasteiger partial charge on any atom is -0.395 e. The monoisotopic (exact) mass is 323 g/mol. The second-order valence-corrected chi connectivity index (χ2v) is 5.58. The average Bonchev–Trinajstić information content (AvgIpc) is 2.49. The summed E-state index contributed by atoms with van der Waals surface area (Å²) in [6.07, 6.45) is 0. The number of nitrogens with one attached hydrogen (secondary N) is 1. The number of β-amino-alcohol motifs (C(OH)–C–C–N with tert-alkyl or cyclic N) is 1. The number of nitrogens with zero attached hydrogens (tertiary/aromatic N) is 2. The highest BCUT2D eigenvalue weighted by Crippen LogP contribution is 2.19. The molecule has 0 amide bonds. The molecular formula is C16H22ClN3O2. The Morgan fingerprint density at radius 2 is 1.95 bits per heavy atom. The Bertz CT molecular complexity index is 693. The summed E-state index contributed by atoms with van der Waals surface area (Å²) in [5.41, 5.74) is 2.73. The van der Waals surface area contributed by atoms with E-state index in [0.29, 0.717) is 6.54 Å². The van der Waals surface area contributed by atoms with Gasteiger partial charge in [0.2, 0.25) is 0 Å². The largest absolute Gasteiger partial charge is 0.395 e.